The van der Waals surface area contributed by atoms with Crippen molar-refractivity contribution in [1.82, 2.24) is 5.32 Å². The number of esters is 1. The summed E-state index contributed by atoms with van der Waals surface area (Å²) in [4.78, 5) is 35.1. The van der Waals surface area contributed by atoms with Crippen molar-refractivity contribution in [2.24, 2.45) is 0 Å². The highest BCUT2D eigenvalue weighted by atomic mass is 19.1. The minimum absolute atomic E-state index is 0.247. The Kier molecular flexibility index (Phi) is 5.62. The number of carbonyl (C=O) groups is 3. The Labute approximate surface area is 137 Å². The molecule has 0 bridgehead atoms. The maximum Gasteiger partial charge on any atom is 0.337 e. The molecule has 7 heteroatoms. The van der Waals surface area contributed by atoms with Crippen LogP contribution in [0.3, 0.4) is 0 Å². The standard InChI is InChI=1S/C17H15FN2O4/c1-24-17(23)12-3-2-4-14(9-12)20-15(21)10-19-16(22)11-5-7-13(18)8-6-11/h2-9H,10H2,1H3,(H,19,22)(H,20,21). The van der Waals surface area contributed by atoms with Crippen molar-refractivity contribution in [3.05, 3.63) is 65.5 Å². The van der Waals surface area contributed by atoms with E-state index in [1.165, 1.54) is 25.3 Å². The highest BCUT2D eigenvalue weighted by Crippen LogP contribution is 2.11. The summed E-state index contributed by atoms with van der Waals surface area (Å²) in [6.45, 7) is -0.265. The van der Waals surface area contributed by atoms with Crippen LogP contribution in [0, 0.1) is 5.82 Å². The number of nitrogens with one attached hydrogen (secondary N) is 2. The summed E-state index contributed by atoms with van der Waals surface area (Å²) < 4.78 is 17.4. The van der Waals surface area contributed by atoms with Crippen molar-refractivity contribution in [2.45, 2.75) is 0 Å². The normalized spacial score (nSPS) is 9.92. The van der Waals surface area contributed by atoms with Gasteiger partial charge in [-0.2, -0.15) is 0 Å². The molecule has 0 aromatic heterocycles. The van der Waals surface area contributed by atoms with E-state index in [1.807, 2.05) is 0 Å². The molecule has 0 heterocycles. The van der Waals surface area contributed by atoms with Crippen molar-refractivity contribution in [3.63, 3.8) is 0 Å². The summed E-state index contributed by atoms with van der Waals surface area (Å²) >= 11 is 0. The first kappa shape index (κ1) is 17.1. The van der Waals surface area contributed by atoms with E-state index in [0.717, 1.165) is 12.1 Å². The van der Waals surface area contributed by atoms with Crippen molar-refractivity contribution in [3.8, 4) is 0 Å². The van der Waals surface area contributed by atoms with E-state index in [0.29, 0.717) is 11.3 Å². The van der Waals surface area contributed by atoms with Crippen molar-refractivity contribution in [1.29, 1.82) is 0 Å². The van der Waals surface area contributed by atoms with Gasteiger partial charge in [0.1, 0.15) is 5.82 Å². The highest BCUT2D eigenvalue weighted by Gasteiger charge is 2.10. The second-order valence-corrected chi connectivity index (χ2v) is 4.81. The van der Waals surface area contributed by atoms with Crippen molar-refractivity contribution >= 4 is 23.5 Å². The zero-order valence-electron chi connectivity index (χ0n) is 12.8. The average molecular weight is 330 g/mol. The Morgan fingerprint density at radius 2 is 1.75 bits per heavy atom. The van der Waals surface area contributed by atoms with Gasteiger partial charge in [0.15, 0.2) is 0 Å². The molecule has 6 nitrogen and oxygen atoms in total. The van der Waals surface area contributed by atoms with Gasteiger partial charge in [0, 0.05) is 11.3 Å². The van der Waals surface area contributed by atoms with Gasteiger partial charge in [-0.1, -0.05) is 6.07 Å². The minimum atomic E-state index is -0.518. The number of ether oxygens (including phenoxy) is 1. The Balaban J connectivity index is 1.90. The molecule has 2 aromatic carbocycles. The number of hydrogen-bond acceptors (Lipinski definition) is 4. The van der Waals surface area contributed by atoms with E-state index in [2.05, 4.69) is 15.4 Å². The zero-order valence-corrected chi connectivity index (χ0v) is 12.8. The van der Waals surface area contributed by atoms with Crippen LogP contribution in [0.4, 0.5) is 10.1 Å². The van der Waals surface area contributed by atoms with E-state index in [-0.39, 0.29) is 12.1 Å². The number of anilines is 1. The maximum atomic E-state index is 12.8. The highest BCUT2D eigenvalue weighted by molar-refractivity contribution is 6.00. The number of benzene rings is 2. The molecule has 2 rings (SSSR count). The van der Waals surface area contributed by atoms with Gasteiger partial charge in [0.25, 0.3) is 5.91 Å². The molecule has 24 heavy (non-hydrogen) atoms. The molecule has 0 saturated carbocycles. The number of rotatable bonds is 5. The molecule has 0 fully saturated rings. The number of halogens is 1. The summed E-state index contributed by atoms with van der Waals surface area (Å²) in [7, 11) is 1.26. The third kappa shape index (κ3) is 4.64. The largest absolute Gasteiger partial charge is 0.465 e. The number of carbonyl (C=O) groups excluding carboxylic acids is 3. The van der Waals surface area contributed by atoms with Crippen LogP contribution >= 0.6 is 0 Å². The fourth-order valence-electron chi connectivity index (χ4n) is 1.91. The minimum Gasteiger partial charge on any atom is -0.465 e. The van der Waals surface area contributed by atoms with Crippen molar-refractivity contribution in [2.75, 3.05) is 19.0 Å². The number of amides is 2. The van der Waals surface area contributed by atoms with E-state index in [4.69, 9.17) is 0 Å². The Morgan fingerprint density at radius 3 is 2.42 bits per heavy atom. The summed E-state index contributed by atoms with van der Waals surface area (Å²) in [5.41, 5.74) is 0.946. The lowest BCUT2D eigenvalue weighted by molar-refractivity contribution is -0.115. The number of methoxy groups -OCH3 is 1. The van der Waals surface area contributed by atoms with Gasteiger partial charge in [0.05, 0.1) is 19.2 Å². The van der Waals surface area contributed by atoms with Crippen molar-refractivity contribution < 1.29 is 23.5 Å². The van der Waals surface area contributed by atoms with Gasteiger partial charge in [0.2, 0.25) is 5.91 Å². The summed E-state index contributed by atoms with van der Waals surface area (Å²) in [5.74, 6) is -1.92. The average Bonchev–Trinajstić information content (AvgIpc) is 2.59. The fraction of sp³-hybridized carbons (Fsp3) is 0.118. The molecule has 124 valence electrons. The van der Waals surface area contributed by atoms with Crippen LogP contribution in [0.2, 0.25) is 0 Å². The molecule has 0 aliphatic heterocycles. The van der Waals surface area contributed by atoms with Crippen LogP contribution in [0.5, 0.6) is 0 Å². The topological polar surface area (TPSA) is 84.5 Å². The lowest BCUT2D eigenvalue weighted by Crippen LogP contribution is -2.32. The molecule has 0 radical (unpaired) electrons. The first-order chi connectivity index (χ1) is 11.5. The van der Waals surface area contributed by atoms with E-state index in [1.54, 1.807) is 18.2 Å². The Morgan fingerprint density at radius 1 is 1.04 bits per heavy atom. The Hall–Kier alpha value is -3.22. The second kappa shape index (κ2) is 7.87. The number of hydrogen-bond donors (Lipinski definition) is 2. The molecular weight excluding hydrogens is 315 g/mol. The molecule has 0 aliphatic carbocycles. The third-order valence-corrected chi connectivity index (χ3v) is 3.08. The smallest absolute Gasteiger partial charge is 0.337 e. The van der Waals surface area contributed by atoms with Crippen LogP contribution in [-0.4, -0.2) is 31.4 Å². The zero-order chi connectivity index (χ0) is 17.5. The lowest BCUT2D eigenvalue weighted by Gasteiger charge is -2.08. The molecule has 0 aliphatic rings. The molecule has 0 saturated heterocycles. The van der Waals surface area contributed by atoms with Gasteiger partial charge in [-0.3, -0.25) is 9.59 Å². The van der Waals surface area contributed by atoms with Gasteiger partial charge in [-0.15, -0.1) is 0 Å². The van der Waals surface area contributed by atoms with Crippen LogP contribution < -0.4 is 10.6 Å². The summed E-state index contributed by atoms with van der Waals surface area (Å²) in [5, 5.41) is 4.98. The van der Waals surface area contributed by atoms with Gasteiger partial charge < -0.3 is 15.4 Å². The molecule has 2 amide bonds. The van der Waals surface area contributed by atoms with E-state index < -0.39 is 23.6 Å². The van der Waals surface area contributed by atoms with E-state index >= 15 is 0 Å². The molecule has 2 N–H and O–H groups in total. The predicted molar refractivity (Wildman–Crippen MR) is 85.1 cm³/mol. The molecule has 0 spiro atoms. The third-order valence-electron chi connectivity index (χ3n) is 3.08. The second-order valence-electron chi connectivity index (χ2n) is 4.81. The van der Waals surface area contributed by atoms with Gasteiger partial charge >= 0.3 is 5.97 Å². The summed E-state index contributed by atoms with van der Waals surface area (Å²) in [6, 6.07) is 11.2. The predicted octanol–water partition coefficient (Wildman–Crippen LogP) is 1.98. The fourth-order valence-corrected chi connectivity index (χ4v) is 1.91. The van der Waals surface area contributed by atoms with Crippen LogP contribution in [0.15, 0.2) is 48.5 Å². The molecule has 2 aromatic rings. The maximum absolute atomic E-state index is 12.8. The van der Waals surface area contributed by atoms with Crippen LogP contribution in [0.1, 0.15) is 20.7 Å². The van der Waals surface area contributed by atoms with Crippen LogP contribution in [-0.2, 0) is 9.53 Å². The van der Waals surface area contributed by atoms with E-state index in [9.17, 15) is 18.8 Å². The van der Waals surface area contributed by atoms with Gasteiger partial charge in [-0.25, -0.2) is 9.18 Å². The molecular formula is C17H15FN2O4. The molecule has 0 unspecified atom stereocenters. The van der Waals surface area contributed by atoms with Gasteiger partial charge in [-0.05, 0) is 42.5 Å². The lowest BCUT2D eigenvalue weighted by atomic mass is 10.2. The first-order valence-electron chi connectivity index (χ1n) is 7.01. The Bertz CT molecular complexity index is 759. The first-order valence-corrected chi connectivity index (χ1v) is 7.01. The monoisotopic (exact) mass is 330 g/mol. The molecule has 0 atom stereocenters. The summed E-state index contributed by atoms with van der Waals surface area (Å²) in [6.07, 6.45) is 0. The quantitative estimate of drug-likeness (QED) is 0.821. The van der Waals surface area contributed by atoms with Crippen LogP contribution in [0.25, 0.3) is 0 Å². The SMILES string of the molecule is COC(=O)c1cccc(NC(=O)CNC(=O)c2ccc(F)cc2)c1.